The molecule has 1 aromatic carbocycles. The average Bonchev–Trinajstić information content (AvgIpc) is 3.20. The zero-order valence-corrected chi connectivity index (χ0v) is 16.7. The van der Waals surface area contributed by atoms with E-state index < -0.39 is 15.8 Å². The first-order valence-corrected chi connectivity index (χ1v) is 11.1. The van der Waals surface area contributed by atoms with Crippen molar-refractivity contribution < 1.29 is 17.6 Å². The van der Waals surface area contributed by atoms with E-state index in [1.54, 1.807) is 17.0 Å². The molecule has 2 aliphatic rings. The van der Waals surface area contributed by atoms with E-state index in [1.807, 2.05) is 6.07 Å². The number of carbonyl (C=O) groups is 1. The van der Waals surface area contributed by atoms with Gasteiger partial charge in [0.15, 0.2) is 0 Å². The first kappa shape index (κ1) is 19.7. The number of piperazine rings is 1. The van der Waals surface area contributed by atoms with Gasteiger partial charge in [-0.15, -0.1) is 0 Å². The zero-order valence-electron chi connectivity index (χ0n) is 15.9. The summed E-state index contributed by atoms with van der Waals surface area (Å²) in [5.74, 6) is -0.700. The second-order valence-electron chi connectivity index (χ2n) is 7.28. The largest absolute Gasteiger partial charge is 0.337 e. The van der Waals surface area contributed by atoms with Crippen molar-refractivity contribution in [1.29, 1.82) is 0 Å². The number of hydrogen-bond donors (Lipinski definition) is 0. The molecule has 152 valence electrons. The maximum absolute atomic E-state index is 13.2. The Labute approximate surface area is 169 Å². The van der Waals surface area contributed by atoms with Gasteiger partial charge < -0.3 is 4.90 Å². The maximum Gasteiger partial charge on any atom is 0.246 e. The molecule has 0 radical (unpaired) electrons. The van der Waals surface area contributed by atoms with Crippen LogP contribution >= 0.6 is 0 Å². The smallest absolute Gasteiger partial charge is 0.246 e. The van der Waals surface area contributed by atoms with Gasteiger partial charge in [-0.05, 0) is 60.2 Å². The van der Waals surface area contributed by atoms with Gasteiger partial charge in [-0.2, -0.15) is 4.31 Å². The molecule has 0 N–H and O–H groups in total. The molecule has 0 spiro atoms. The molecule has 2 heterocycles. The first-order valence-electron chi connectivity index (χ1n) is 9.63. The standard InChI is InChI=1S/C21H22FN3O3S/c22-19-12-16(14-23-15-19)4-7-21(26)24-8-10-25(11-9-24)29(27,28)20-6-5-17-2-1-3-18(17)13-20/h4-7,12-15H,1-3,8-11H2/b7-4+. The van der Waals surface area contributed by atoms with Crippen LogP contribution in [-0.2, 0) is 27.7 Å². The quantitative estimate of drug-likeness (QED) is 0.719. The molecule has 0 unspecified atom stereocenters. The number of fused-ring (bicyclic) bond motifs is 1. The molecule has 1 saturated heterocycles. The number of aromatic nitrogens is 1. The molecule has 0 saturated carbocycles. The summed E-state index contributed by atoms with van der Waals surface area (Å²) in [6, 6.07) is 6.69. The van der Waals surface area contributed by atoms with Crippen molar-refractivity contribution in [3.63, 3.8) is 0 Å². The summed E-state index contributed by atoms with van der Waals surface area (Å²) in [5, 5.41) is 0. The number of rotatable bonds is 4. The normalized spacial score (nSPS) is 17.6. The summed E-state index contributed by atoms with van der Waals surface area (Å²) in [5.41, 5.74) is 2.85. The van der Waals surface area contributed by atoms with Crippen molar-refractivity contribution in [2.45, 2.75) is 24.2 Å². The second kappa shape index (κ2) is 8.04. The van der Waals surface area contributed by atoms with Crippen LogP contribution in [0.3, 0.4) is 0 Å². The zero-order chi connectivity index (χ0) is 20.4. The lowest BCUT2D eigenvalue weighted by Crippen LogP contribution is -2.50. The minimum Gasteiger partial charge on any atom is -0.337 e. The van der Waals surface area contributed by atoms with E-state index in [0.717, 1.165) is 31.0 Å². The highest BCUT2D eigenvalue weighted by molar-refractivity contribution is 7.89. The average molecular weight is 415 g/mol. The Hall–Kier alpha value is -2.58. The van der Waals surface area contributed by atoms with E-state index >= 15 is 0 Å². The van der Waals surface area contributed by atoms with E-state index in [0.29, 0.717) is 23.5 Å². The van der Waals surface area contributed by atoms with Crippen molar-refractivity contribution in [1.82, 2.24) is 14.2 Å². The lowest BCUT2D eigenvalue weighted by molar-refractivity contribution is -0.127. The maximum atomic E-state index is 13.2. The lowest BCUT2D eigenvalue weighted by Gasteiger charge is -2.33. The third-order valence-electron chi connectivity index (χ3n) is 5.40. The van der Waals surface area contributed by atoms with E-state index in [2.05, 4.69) is 4.98 Å². The van der Waals surface area contributed by atoms with E-state index in [1.165, 1.54) is 34.3 Å². The molecule has 0 bridgehead atoms. The molecule has 29 heavy (non-hydrogen) atoms. The molecule has 2 aromatic rings. The molecule has 0 atom stereocenters. The van der Waals surface area contributed by atoms with E-state index in [-0.39, 0.29) is 19.0 Å². The second-order valence-corrected chi connectivity index (χ2v) is 9.22. The van der Waals surface area contributed by atoms with Crippen LogP contribution in [-0.4, -0.2) is 54.7 Å². The molecular formula is C21H22FN3O3S. The fourth-order valence-electron chi connectivity index (χ4n) is 3.80. The third kappa shape index (κ3) is 4.23. The van der Waals surface area contributed by atoms with Crippen LogP contribution in [0, 0.1) is 5.82 Å². The Morgan fingerprint density at radius 3 is 2.55 bits per heavy atom. The van der Waals surface area contributed by atoms with Gasteiger partial charge in [-0.3, -0.25) is 9.78 Å². The van der Waals surface area contributed by atoms with Gasteiger partial charge >= 0.3 is 0 Å². The molecule has 1 amide bonds. The predicted molar refractivity (Wildman–Crippen MR) is 107 cm³/mol. The Morgan fingerprint density at radius 2 is 1.79 bits per heavy atom. The van der Waals surface area contributed by atoms with Crippen LogP contribution in [0.15, 0.2) is 47.6 Å². The summed E-state index contributed by atoms with van der Waals surface area (Å²) in [4.78, 5) is 18.0. The van der Waals surface area contributed by atoms with Gasteiger partial charge in [-0.1, -0.05) is 6.07 Å². The van der Waals surface area contributed by atoms with Gasteiger partial charge in [-0.25, -0.2) is 12.8 Å². The highest BCUT2D eigenvalue weighted by atomic mass is 32.2. The number of hydrogen-bond acceptors (Lipinski definition) is 4. The molecule has 1 aromatic heterocycles. The Morgan fingerprint density at radius 1 is 1.03 bits per heavy atom. The monoisotopic (exact) mass is 415 g/mol. The van der Waals surface area contributed by atoms with Crippen LogP contribution in [0.4, 0.5) is 4.39 Å². The Balaban J connectivity index is 1.39. The fourth-order valence-corrected chi connectivity index (χ4v) is 5.27. The summed E-state index contributed by atoms with van der Waals surface area (Å²) < 4.78 is 40.5. The predicted octanol–water partition coefficient (Wildman–Crippen LogP) is 2.26. The van der Waals surface area contributed by atoms with Gasteiger partial charge in [0.05, 0.1) is 11.1 Å². The number of pyridine rings is 1. The lowest BCUT2D eigenvalue weighted by atomic mass is 10.1. The highest BCUT2D eigenvalue weighted by Gasteiger charge is 2.30. The van der Waals surface area contributed by atoms with Crippen LogP contribution in [0.5, 0.6) is 0 Å². The van der Waals surface area contributed by atoms with Gasteiger partial charge in [0.25, 0.3) is 0 Å². The fraction of sp³-hybridized carbons (Fsp3) is 0.333. The van der Waals surface area contributed by atoms with Gasteiger partial charge in [0.2, 0.25) is 15.9 Å². The van der Waals surface area contributed by atoms with Gasteiger partial charge in [0, 0.05) is 38.5 Å². The summed E-state index contributed by atoms with van der Waals surface area (Å²) in [6.07, 6.45) is 8.43. The van der Waals surface area contributed by atoms with Crippen LogP contribution in [0.1, 0.15) is 23.1 Å². The number of amides is 1. The summed E-state index contributed by atoms with van der Waals surface area (Å²) >= 11 is 0. The number of aryl methyl sites for hydroxylation is 2. The van der Waals surface area contributed by atoms with E-state index in [4.69, 9.17) is 0 Å². The molecular weight excluding hydrogens is 393 g/mol. The molecule has 1 fully saturated rings. The molecule has 6 nitrogen and oxygen atoms in total. The minimum absolute atomic E-state index is 0.233. The molecule has 4 rings (SSSR count). The first-order chi connectivity index (χ1) is 13.9. The number of carbonyl (C=O) groups excluding carboxylic acids is 1. The summed E-state index contributed by atoms with van der Waals surface area (Å²) in [6.45, 7) is 1.13. The van der Waals surface area contributed by atoms with Crippen LogP contribution in [0.25, 0.3) is 6.08 Å². The highest BCUT2D eigenvalue weighted by Crippen LogP contribution is 2.26. The van der Waals surface area contributed by atoms with Crippen LogP contribution < -0.4 is 0 Å². The molecule has 8 heteroatoms. The topological polar surface area (TPSA) is 70.6 Å². The van der Waals surface area contributed by atoms with Crippen molar-refractivity contribution in [2.24, 2.45) is 0 Å². The van der Waals surface area contributed by atoms with Crippen molar-refractivity contribution in [3.05, 3.63) is 65.2 Å². The third-order valence-corrected chi connectivity index (χ3v) is 7.30. The SMILES string of the molecule is O=C(/C=C/c1cncc(F)c1)N1CCN(S(=O)(=O)c2ccc3c(c2)CCC3)CC1. The van der Waals surface area contributed by atoms with Gasteiger partial charge in [0.1, 0.15) is 5.82 Å². The number of halogens is 1. The molecule has 1 aliphatic heterocycles. The summed E-state index contributed by atoms with van der Waals surface area (Å²) in [7, 11) is -3.57. The van der Waals surface area contributed by atoms with E-state index in [9.17, 15) is 17.6 Å². The Kier molecular flexibility index (Phi) is 5.47. The Bertz CT molecular complexity index is 1060. The van der Waals surface area contributed by atoms with Crippen molar-refractivity contribution >= 4 is 22.0 Å². The van der Waals surface area contributed by atoms with Crippen LogP contribution in [0.2, 0.25) is 0 Å². The van der Waals surface area contributed by atoms with Crippen molar-refractivity contribution in [2.75, 3.05) is 26.2 Å². The number of sulfonamides is 1. The number of nitrogens with zero attached hydrogens (tertiary/aromatic N) is 3. The number of benzene rings is 1. The minimum atomic E-state index is -3.57. The van der Waals surface area contributed by atoms with Crippen molar-refractivity contribution in [3.8, 4) is 0 Å². The molecule has 1 aliphatic carbocycles.